The van der Waals surface area contributed by atoms with Crippen LogP contribution in [0.5, 0.6) is 0 Å². The van der Waals surface area contributed by atoms with Crippen LogP contribution in [0.1, 0.15) is 0 Å². The van der Waals surface area contributed by atoms with Crippen molar-refractivity contribution in [1.29, 1.82) is 0 Å². The Labute approximate surface area is 111 Å². The summed E-state index contributed by atoms with van der Waals surface area (Å²) in [6.45, 7) is 0. The van der Waals surface area contributed by atoms with E-state index in [-0.39, 0.29) is 16.0 Å². The van der Waals surface area contributed by atoms with Gasteiger partial charge in [0.25, 0.3) is 0 Å². The molecule has 0 spiro atoms. The molecule has 0 amide bonds. The maximum Gasteiger partial charge on any atom is 0.314 e. The maximum absolute atomic E-state index is 9.32. The minimum absolute atomic E-state index is 0.0347. The average molecular weight is 422 g/mol. The highest BCUT2D eigenvalue weighted by Crippen LogP contribution is 1.74. The molecule has 0 heterocycles. The second-order valence-electron chi connectivity index (χ2n) is 1.58. The van der Waals surface area contributed by atoms with Crippen LogP contribution in [0.3, 0.4) is 0 Å². The first-order valence-corrected chi connectivity index (χ1v) is 6.51. The zero-order valence-electron chi connectivity index (χ0n) is 7.32. The first-order valence-electron chi connectivity index (χ1n) is 3.15. The molecular weight excluding hydrogens is 413 g/mol. The first kappa shape index (κ1) is 20.3. The van der Waals surface area contributed by atoms with Gasteiger partial charge in [0.15, 0.2) is 0 Å². The van der Waals surface area contributed by atoms with Crippen molar-refractivity contribution in [2.45, 2.75) is 0 Å². The molecule has 0 saturated carbocycles. The first-order chi connectivity index (χ1) is 6.81. The molecular formula is C6H9Br3O6. The summed E-state index contributed by atoms with van der Waals surface area (Å²) in [6, 6.07) is 0. The largest absolute Gasteiger partial charge is 0.481 e. The van der Waals surface area contributed by atoms with E-state index in [4.69, 9.17) is 15.3 Å². The molecule has 0 aliphatic heterocycles. The summed E-state index contributed by atoms with van der Waals surface area (Å²) in [6.07, 6.45) is 0. The van der Waals surface area contributed by atoms with Crippen molar-refractivity contribution in [1.82, 2.24) is 0 Å². The molecule has 90 valence electrons. The molecule has 0 radical (unpaired) electrons. The molecule has 0 atom stereocenters. The zero-order chi connectivity index (χ0) is 12.9. The van der Waals surface area contributed by atoms with Crippen LogP contribution in [0.25, 0.3) is 0 Å². The monoisotopic (exact) mass is 419 g/mol. The van der Waals surface area contributed by atoms with E-state index in [0.717, 1.165) is 0 Å². The minimum atomic E-state index is -0.829. The molecule has 0 aliphatic carbocycles. The fourth-order valence-corrected chi connectivity index (χ4v) is 0. The van der Waals surface area contributed by atoms with Gasteiger partial charge in [0, 0.05) is 0 Å². The van der Waals surface area contributed by atoms with Gasteiger partial charge in [-0.25, -0.2) is 0 Å². The Balaban J connectivity index is -0.000000144. The lowest BCUT2D eigenvalue weighted by Crippen LogP contribution is -1.92. The normalized spacial score (nSPS) is 7.40. The smallest absolute Gasteiger partial charge is 0.314 e. The lowest BCUT2D eigenvalue weighted by molar-refractivity contribution is -0.134. The lowest BCUT2D eigenvalue weighted by Gasteiger charge is -1.70. The van der Waals surface area contributed by atoms with Crippen molar-refractivity contribution < 1.29 is 29.7 Å². The summed E-state index contributed by atoms with van der Waals surface area (Å²) in [5.41, 5.74) is 0. The van der Waals surface area contributed by atoms with Crippen LogP contribution in [-0.2, 0) is 14.4 Å². The summed E-state index contributed by atoms with van der Waals surface area (Å²) in [5.74, 6) is -2.49. The van der Waals surface area contributed by atoms with E-state index < -0.39 is 17.9 Å². The van der Waals surface area contributed by atoms with Crippen LogP contribution in [0.2, 0.25) is 0 Å². The van der Waals surface area contributed by atoms with Gasteiger partial charge in [-0.15, -0.1) is 0 Å². The Hall–Kier alpha value is -0.150. The number of carbonyl (C=O) groups is 3. The van der Waals surface area contributed by atoms with E-state index in [9.17, 15) is 14.4 Å². The van der Waals surface area contributed by atoms with Gasteiger partial charge in [0.2, 0.25) is 0 Å². The van der Waals surface area contributed by atoms with Crippen LogP contribution >= 0.6 is 47.8 Å². The third kappa shape index (κ3) is 56.8. The summed E-state index contributed by atoms with van der Waals surface area (Å²) in [5, 5.41) is 23.1. The van der Waals surface area contributed by atoms with Crippen molar-refractivity contribution in [3.05, 3.63) is 0 Å². The van der Waals surface area contributed by atoms with Crippen molar-refractivity contribution in [2.75, 3.05) is 16.0 Å². The van der Waals surface area contributed by atoms with Crippen LogP contribution in [0, 0.1) is 0 Å². The second-order valence-corrected chi connectivity index (χ2v) is 3.26. The van der Waals surface area contributed by atoms with Gasteiger partial charge < -0.3 is 15.3 Å². The lowest BCUT2D eigenvalue weighted by atomic mass is 11.2. The molecule has 0 aromatic rings. The van der Waals surface area contributed by atoms with Crippen molar-refractivity contribution in [2.24, 2.45) is 0 Å². The molecule has 0 rings (SSSR count). The van der Waals surface area contributed by atoms with Crippen LogP contribution < -0.4 is 0 Å². The topological polar surface area (TPSA) is 112 Å². The van der Waals surface area contributed by atoms with E-state index in [2.05, 4.69) is 47.8 Å². The number of hydrogen-bond donors (Lipinski definition) is 3. The number of carboxylic acids is 3. The molecule has 0 saturated heterocycles. The van der Waals surface area contributed by atoms with Crippen LogP contribution in [0.4, 0.5) is 0 Å². The van der Waals surface area contributed by atoms with Gasteiger partial charge in [-0.2, -0.15) is 0 Å². The molecule has 6 nitrogen and oxygen atoms in total. The summed E-state index contributed by atoms with van der Waals surface area (Å²) in [7, 11) is 0. The van der Waals surface area contributed by atoms with E-state index in [1.807, 2.05) is 0 Å². The quantitative estimate of drug-likeness (QED) is 0.469. The van der Waals surface area contributed by atoms with Crippen LogP contribution in [0.15, 0.2) is 0 Å². The van der Waals surface area contributed by atoms with Gasteiger partial charge in [0.05, 0.1) is 0 Å². The van der Waals surface area contributed by atoms with Gasteiger partial charge in [-0.05, 0) is 0 Å². The minimum Gasteiger partial charge on any atom is -0.481 e. The fourth-order valence-electron chi connectivity index (χ4n) is 0. The maximum atomic E-state index is 9.32. The average Bonchev–Trinajstić information content (AvgIpc) is 2.19. The SMILES string of the molecule is O=C(O)[13CH2]Br.O=[13C](O)[13CH2]Br.O=[13C](O)[13CH2]Br. The number of halogens is 3. The van der Waals surface area contributed by atoms with Gasteiger partial charge >= 0.3 is 17.9 Å². The van der Waals surface area contributed by atoms with Gasteiger partial charge in [-0.3, -0.25) is 14.4 Å². The predicted molar refractivity (Wildman–Crippen MR) is 64.3 cm³/mol. The summed E-state index contributed by atoms with van der Waals surface area (Å²) >= 11 is 8.14. The molecule has 15 heavy (non-hydrogen) atoms. The number of hydrogen-bond acceptors (Lipinski definition) is 3. The van der Waals surface area contributed by atoms with Crippen molar-refractivity contribution >= 4 is 65.7 Å². The van der Waals surface area contributed by atoms with Gasteiger partial charge in [0.1, 0.15) is 16.0 Å². The molecule has 0 aromatic carbocycles. The molecule has 3 N–H and O–H groups in total. The zero-order valence-corrected chi connectivity index (χ0v) is 12.1. The van der Waals surface area contributed by atoms with E-state index in [0.29, 0.717) is 0 Å². The van der Waals surface area contributed by atoms with Crippen molar-refractivity contribution in [3.8, 4) is 0 Å². The Morgan fingerprint density at radius 1 is 0.667 bits per heavy atom. The summed E-state index contributed by atoms with van der Waals surface area (Å²) in [4.78, 5) is 28.0. The Morgan fingerprint density at radius 2 is 0.733 bits per heavy atom. The van der Waals surface area contributed by atoms with E-state index >= 15 is 0 Å². The second kappa shape index (κ2) is 16.3. The molecule has 0 bridgehead atoms. The molecule has 0 aliphatic rings. The number of carboxylic acid groups (broad SMARTS) is 3. The number of rotatable bonds is 3. The van der Waals surface area contributed by atoms with E-state index in [1.54, 1.807) is 0 Å². The highest BCUT2D eigenvalue weighted by molar-refractivity contribution is 9.09. The Bertz CT molecular complexity index is 162. The Kier molecular flexibility index (Phi) is 22.0. The number of alkyl halides is 3. The predicted octanol–water partition coefficient (Wildman–Crippen LogP) is 1.40. The summed E-state index contributed by atoms with van der Waals surface area (Å²) < 4.78 is 0. The molecule has 0 unspecified atom stereocenters. The van der Waals surface area contributed by atoms with Gasteiger partial charge in [-0.1, -0.05) is 47.8 Å². The fraction of sp³-hybridized carbons (Fsp3) is 0.500. The third-order valence-corrected chi connectivity index (χ3v) is 1.78. The molecule has 9 heteroatoms. The molecule has 0 fully saturated rings. The Morgan fingerprint density at radius 3 is 0.733 bits per heavy atom. The highest BCUT2D eigenvalue weighted by Gasteiger charge is 1.83. The highest BCUT2D eigenvalue weighted by atomic mass is 79.9. The number of aliphatic carboxylic acids is 3. The third-order valence-electron chi connectivity index (χ3n) is 0.343. The van der Waals surface area contributed by atoms with Crippen molar-refractivity contribution in [3.63, 3.8) is 0 Å². The molecule has 0 aromatic heterocycles. The van der Waals surface area contributed by atoms with Crippen LogP contribution in [-0.4, -0.2) is 49.2 Å². The standard InChI is InChI=1S/3C2H3BrO2/c3*3-1-2(4)5/h3*1H2,(H,4,5)/i2*1+1,2+1;1+1. The van der Waals surface area contributed by atoms with E-state index in [1.165, 1.54) is 0 Å².